The number of rotatable bonds is 4. The minimum atomic E-state index is 0.270. The molecule has 1 aromatic rings. The Morgan fingerprint density at radius 2 is 2.31 bits per heavy atom. The standard InChI is InChI=1S/C12H14Br2O2/c13-7-9-6-10(14)3-4-12(9)16-8-11-2-1-5-15-11/h3-4,6,11H,1-2,5,7-8H2. The SMILES string of the molecule is BrCc1cc(Br)ccc1OCC1CCCO1. The fourth-order valence-corrected chi connectivity index (χ4v) is 2.60. The molecule has 0 aromatic heterocycles. The van der Waals surface area contributed by atoms with Gasteiger partial charge in [-0.15, -0.1) is 0 Å². The van der Waals surface area contributed by atoms with Gasteiger partial charge in [-0.05, 0) is 31.0 Å². The molecule has 0 bridgehead atoms. The van der Waals surface area contributed by atoms with Gasteiger partial charge in [0.05, 0.1) is 6.10 Å². The van der Waals surface area contributed by atoms with E-state index in [0.717, 1.165) is 40.6 Å². The summed E-state index contributed by atoms with van der Waals surface area (Å²) in [5.41, 5.74) is 1.16. The van der Waals surface area contributed by atoms with Crippen LogP contribution in [0.15, 0.2) is 22.7 Å². The Bertz CT molecular complexity index is 349. The van der Waals surface area contributed by atoms with Gasteiger partial charge in [-0.1, -0.05) is 31.9 Å². The first-order valence-electron chi connectivity index (χ1n) is 5.38. The van der Waals surface area contributed by atoms with Crippen molar-refractivity contribution >= 4 is 31.9 Å². The second-order valence-corrected chi connectivity index (χ2v) is 5.31. The third-order valence-corrected chi connectivity index (χ3v) is 3.71. The Balaban J connectivity index is 1.97. The Morgan fingerprint density at radius 3 is 3.00 bits per heavy atom. The molecule has 1 aliphatic heterocycles. The largest absolute Gasteiger partial charge is 0.491 e. The zero-order valence-corrected chi connectivity index (χ0v) is 12.1. The summed E-state index contributed by atoms with van der Waals surface area (Å²) in [7, 11) is 0. The van der Waals surface area contributed by atoms with Crippen LogP contribution in [0.25, 0.3) is 0 Å². The lowest BCUT2D eigenvalue weighted by Crippen LogP contribution is -2.16. The lowest BCUT2D eigenvalue weighted by Gasteiger charge is -2.14. The minimum absolute atomic E-state index is 0.270. The molecule has 1 aliphatic rings. The van der Waals surface area contributed by atoms with E-state index in [1.807, 2.05) is 12.1 Å². The van der Waals surface area contributed by atoms with E-state index >= 15 is 0 Å². The summed E-state index contributed by atoms with van der Waals surface area (Å²) >= 11 is 6.92. The summed E-state index contributed by atoms with van der Waals surface area (Å²) < 4.78 is 12.4. The van der Waals surface area contributed by atoms with E-state index < -0.39 is 0 Å². The molecule has 1 aromatic carbocycles. The maximum absolute atomic E-state index is 5.79. The van der Waals surface area contributed by atoms with Gasteiger partial charge < -0.3 is 9.47 Å². The monoisotopic (exact) mass is 348 g/mol. The Kier molecular flexibility index (Phi) is 4.67. The first-order chi connectivity index (χ1) is 7.79. The molecule has 1 unspecified atom stereocenters. The lowest BCUT2D eigenvalue weighted by atomic mass is 10.2. The van der Waals surface area contributed by atoms with Gasteiger partial charge in [0.1, 0.15) is 12.4 Å². The number of ether oxygens (including phenoxy) is 2. The summed E-state index contributed by atoms with van der Waals surface area (Å²) in [6.07, 6.45) is 2.53. The minimum Gasteiger partial charge on any atom is -0.491 e. The molecule has 2 nitrogen and oxygen atoms in total. The molecule has 0 saturated carbocycles. The van der Waals surface area contributed by atoms with E-state index in [9.17, 15) is 0 Å². The number of alkyl halides is 1. The highest BCUT2D eigenvalue weighted by Gasteiger charge is 2.16. The van der Waals surface area contributed by atoms with Crippen LogP contribution in [0, 0.1) is 0 Å². The molecule has 16 heavy (non-hydrogen) atoms. The van der Waals surface area contributed by atoms with E-state index in [-0.39, 0.29) is 6.10 Å². The van der Waals surface area contributed by atoms with Gasteiger partial charge in [0.2, 0.25) is 0 Å². The zero-order valence-electron chi connectivity index (χ0n) is 8.92. The van der Waals surface area contributed by atoms with Crippen LogP contribution in [-0.4, -0.2) is 19.3 Å². The molecule has 0 aliphatic carbocycles. The van der Waals surface area contributed by atoms with Crippen molar-refractivity contribution in [3.63, 3.8) is 0 Å². The average molecular weight is 350 g/mol. The fourth-order valence-electron chi connectivity index (χ4n) is 1.75. The van der Waals surface area contributed by atoms with Crippen LogP contribution in [0.5, 0.6) is 5.75 Å². The molecule has 4 heteroatoms. The van der Waals surface area contributed by atoms with E-state index in [1.54, 1.807) is 0 Å². The highest BCUT2D eigenvalue weighted by molar-refractivity contribution is 9.10. The van der Waals surface area contributed by atoms with Crippen molar-refractivity contribution in [1.82, 2.24) is 0 Å². The maximum atomic E-state index is 5.79. The van der Waals surface area contributed by atoms with Crippen molar-refractivity contribution in [2.75, 3.05) is 13.2 Å². The van der Waals surface area contributed by atoms with Gasteiger partial charge in [-0.3, -0.25) is 0 Å². The normalized spacial score (nSPS) is 20.0. The summed E-state index contributed by atoms with van der Waals surface area (Å²) in [6.45, 7) is 1.53. The molecule has 1 atom stereocenters. The number of hydrogen-bond acceptors (Lipinski definition) is 2. The van der Waals surface area contributed by atoms with Crippen LogP contribution >= 0.6 is 31.9 Å². The Morgan fingerprint density at radius 1 is 1.44 bits per heavy atom. The number of hydrogen-bond donors (Lipinski definition) is 0. The first-order valence-corrected chi connectivity index (χ1v) is 7.30. The maximum Gasteiger partial charge on any atom is 0.123 e. The van der Waals surface area contributed by atoms with Crippen LogP contribution < -0.4 is 4.74 Å². The number of benzene rings is 1. The van der Waals surface area contributed by atoms with Crippen molar-refractivity contribution in [1.29, 1.82) is 0 Å². The average Bonchev–Trinajstić information content (AvgIpc) is 2.80. The molecule has 0 N–H and O–H groups in total. The van der Waals surface area contributed by atoms with Crippen LogP contribution in [0.2, 0.25) is 0 Å². The predicted octanol–water partition coefficient (Wildman–Crippen LogP) is 3.90. The predicted molar refractivity (Wildman–Crippen MR) is 71.2 cm³/mol. The summed E-state index contributed by atoms with van der Waals surface area (Å²) in [4.78, 5) is 0. The van der Waals surface area contributed by atoms with E-state index in [1.165, 1.54) is 0 Å². The third kappa shape index (κ3) is 3.22. The van der Waals surface area contributed by atoms with E-state index in [0.29, 0.717) is 6.61 Å². The lowest BCUT2D eigenvalue weighted by molar-refractivity contribution is 0.0677. The van der Waals surface area contributed by atoms with Crippen molar-refractivity contribution in [3.8, 4) is 5.75 Å². The highest BCUT2D eigenvalue weighted by Crippen LogP contribution is 2.26. The van der Waals surface area contributed by atoms with Gasteiger partial charge in [0.15, 0.2) is 0 Å². The summed E-state index contributed by atoms with van der Waals surface area (Å²) in [5, 5.41) is 0.799. The molecule has 0 spiro atoms. The molecule has 2 rings (SSSR count). The summed E-state index contributed by atoms with van der Waals surface area (Å²) in [5.74, 6) is 0.940. The molecule has 88 valence electrons. The molecular formula is C12H14Br2O2. The molecular weight excluding hydrogens is 336 g/mol. The van der Waals surface area contributed by atoms with Crippen LogP contribution in [0.4, 0.5) is 0 Å². The quantitative estimate of drug-likeness (QED) is 0.767. The Labute approximate surface area is 113 Å². The molecule has 0 amide bonds. The van der Waals surface area contributed by atoms with Gasteiger partial charge in [-0.25, -0.2) is 0 Å². The fraction of sp³-hybridized carbons (Fsp3) is 0.500. The highest BCUT2D eigenvalue weighted by atomic mass is 79.9. The van der Waals surface area contributed by atoms with Crippen molar-refractivity contribution < 1.29 is 9.47 Å². The van der Waals surface area contributed by atoms with Gasteiger partial charge in [0, 0.05) is 22.0 Å². The van der Waals surface area contributed by atoms with E-state index in [2.05, 4.69) is 37.9 Å². The topological polar surface area (TPSA) is 18.5 Å². The van der Waals surface area contributed by atoms with Crippen LogP contribution in [0.1, 0.15) is 18.4 Å². The van der Waals surface area contributed by atoms with Gasteiger partial charge >= 0.3 is 0 Å². The van der Waals surface area contributed by atoms with Gasteiger partial charge in [-0.2, -0.15) is 0 Å². The first kappa shape index (κ1) is 12.4. The van der Waals surface area contributed by atoms with Crippen LogP contribution in [0.3, 0.4) is 0 Å². The molecule has 1 heterocycles. The molecule has 1 fully saturated rings. The molecule has 0 radical (unpaired) electrons. The van der Waals surface area contributed by atoms with Crippen molar-refractivity contribution in [2.45, 2.75) is 24.3 Å². The number of halogens is 2. The van der Waals surface area contributed by atoms with Crippen LogP contribution in [-0.2, 0) is 10.1 Å². The smallest absolute Gasteiger partial charge is 0.123 e. The second-order valence-electron chi connectivity index (χ2n) is 3.83. The summed E-state index contributed by atoms with van der Waals surface area (Å²) in [6, 6.07) is 6.06. The van der Waals surface area contributed by atoms with E-state index in [4.69, 9.17) is 9.47 Å². The van der Waals surface area contributed by atoms with Crippen molar-refractivity contribution in [2.24, 2.45) is 0 Å². The Hall–Kier alpha value is -0.0600. The molecule has 1 saturated heterocycles. The zero-order chi connectivity index (χ0) is 11.4. The second kappa shape index (κ2) is 6.03. The van der Waals surface area contributed by atoms with Gasteiger partial charge in [0.25, 0.3) is 0 Å². The third-order valence-electron chi connectivity index (χ3n) is 2.62. The van der Waals surface area contributed by atoms with Crippen molar-refractivity contribution in [3.05, 3.63) is 28.2 Å².